The van der Waals surface area contributed by atoms with E-state index in [1.807, 2.05) is 0 Å². The molecule has 0 atom stereocenters. The van der Waals surface area contributed by atoms with Gasteiger partial charge in [-0.25, -0.2) is 4.79 Å². The molecule has 0 heterocycles. The first-order valence-corrected chi connectivity index (χ1v) is 14.2. The third-order valence-electron chi connectivity index (χ3n) is 6.12. The quantitative estimate of drug-likeness (QED) is 0.121. The molecule has 3 amide bonds. The highest BCUT2D eigenvalue weighted by molar-refractivity contribution is 8.00. The van der Waals surface area contributed by atoms with Crippen LogP contribution in [0.4, 0.5) is 11.4 Å². The summed E-state index contributed by atoms with van der Waals surface area (Å²) in [5.74, 6) is -1.42. The van der Waals surface area contributed by atoms with Gasteiger partial charge >= 0.3 is 5.97 Å². The van der Waals surface area contributed by atoms with Gasteiger partial charge in [0, 0.05) is 27.4 Å². The van der Waals surface area contributed by atoms with E-state index in [0.29, 0.717) is 38.9 Å². The average Bonchev–Trinajstić information content (AvgIpc) is 3.04. The Kier molecular flexibility index (Phi) is 10.8. The van der Waals surface area contributed by atoms with E-state index in [2.05, 4.69) is 16.0 Å². The molecule has 0 bridgehead atoms. The third-order valence-corrected chi connectivity index (χ3v) is 7.11. The van der Waals surface area contributed by atoms with Gasteiger partial charge in [0.15, 0.2) is 0 Å². The lowest BCUT2D eigenvalue weighted by Crippen LogP contribution is -2.30. The Bertz CT molecular complexity index is 1710. The molecule has 0 fully saturated rings. The molecule has 0 saturated heterocycles. The van der Waals surface area contributed by atoms with Crippen molar-refractivity contribution < 1.29 is 33.8 Å². The van der Waals surface area contributed by atoms with Crippen LogP contribution in [0.2, 0.25) is 0 Å². The van der Waals surface area contributed by atoms with Gasteiger partial charge in [0.05, 0.1) is 25.5 Å². The first-order valence-electron chi connectivity index (χ1n) is 13.2. The number of hydrogen-bond acceptors (Lipinski definition) is 7. The molecular formula is C33H29N3O7S. The number of anilines is 2. The number of benzene rings is 4. The predicted molar refractivity (Wildman–Crippen MR) is 169 cm³/mol. The number of nitrogens with one attached hydrogen (secondary N) is 3. The molecule has 0 unspecified atom stereocenters. The molecule has 0 spiro atoms. The number of amides is 3. The van der Waals surface area contributed by atoms with Gasteiger partial charge in [-0.3, -0.25) is 14.4 Å². The van der Waals surface area contributed by atoms with Crippen molar-refractivity contribution in [1.29, 1.82) is 0 Å². The minimum absolute atomic E-state index is 0.0357. The summed E-state index contributed by atoms with van der Waals surface area (Å²) in [5, 5.41) is 17.3. The largest absolute Gasteiger partial charge is 0.497 e. The summed E-state index contributed by atoms with van der Waals surface area (Å²) in [6, 6.07) is 26.5. The summed E-state index contributed by atoms with van der Waals surface area (Å²) >= 11 is 1.23. The number of rotatable bonds is 12. The van der Waals surface area contributed by atoms with Gasteiger partial charge in [-0.2, -0.15) is 0 Å². The highest BCUT2D eigenvalue weighted by Gasteiger charge is 2.17. The van der Waals surface area contributed by atoms with Crippen LogP contribution in [0.5, 0.6) is 11.5 Å². The van der Waals surface area contributed by atoms with Gasteiger partial charge in [0.2, 0.25) is 5.91 Å². The predicted octanol–water partition coefficient (Wildman–Crippen LogP) is 5.54. The Labute approximate surface area is 258 Å². The van der Waals surface area contributed by atoms with Crippen molar-refractivity contribution in [3.05, 3.63) is 119 Å². The SMILES string of the molecule is COc1ccc(OC)c(/C=C(/NC(=O)c2ccccc2)C(=O)Nc2cccc(SCC(=O)Nc3cccc(C(=O)O)c3)c2)c1. The number of aromatic carboxylic acids is 1. The van der Waals surface area contributed by atoms with Crippen LogP contribution >= 0.6 is 11.8 Å². The Hall–Kier alpha value is -5.55. The molecule has 224 valence electrons. The Morgan fingerprint density at radius 1 is 0.773 bits per heavy atom. The first-order chi connectivity index (χ1) is 21.2. The minimum Gasteiger partial charge on any atom is -0.497 e. The number of hydrogen-bond donors (Lipinski definition) is 4. The standard InChI is InChI=1S/C33H29N3O7S/c1-42-26-14-15-29(43-2)23(17-26)18-28(36-31(38)21-8-4-3-5-9-21)32(39)35-25-12-7-13-27(19-25)44-20-30(37)34-24-11-6-10-22(16-24)33(40)41/h3-19H,20H2,1-2H3,(H,34,37)(H,35,39)(H,36,38)(H,40,41)/b28-18+. The van der Waals surface area contributed by atoms with E-state index in [9.17, 15) is 19.2 Å². The first kappa shape index (κ1) is 31.4. The van der Waals surface area contributed by atoms with E-state index in [4.69, 9.17) is 14.6 Å². The summed E-state index contributed by atoms with van der Waals surface area (Å²) in [6.45, 7) is 0. The Morgan fingerprint density at radius 2 is 1.48 bits per heavy atom. The zero-order valence-electron chi connectivity index (χ0n) is 23.8. The molecule has 11 heteroatoms. The Morgan fingerprint density at radius 3 is 2.18 bits per heavy atom. The van der Waals surface area contributed by atoms with Gasteiger partial charge in [0.25, 0.3) is 11.8 Å². The van der Waals surface area contributed by atoms with Crippen LogP contribution in [-0.2, 0) is 9.59 Å². The zero-order chi connectivity index (χ0) is 31.5. The van der Waals surface area contributed by atoms with Crippen LogP contribution in [0.25, 0.3) is 6.08 Å². The summed E-state index contributed by atoms with van der Waals surface area (Å²) in [5.41, 5.74) is 1.72. The molecule has 44 heavy (non-hydrogen) atoms. The van der Waals surface area contributed by atoms with Gasteiger partial charge in [-0.15, -0.1) is 11.8 Å². The lowest BCUT2D eigenvalue weighted by Gasteiger charge is -2.14. The van der Waals surface area contributed by atoms with Crippen molar-refractivity contribution in [3.8, 4) is 11.5 Å². The molecule has 0 aliphatic heterocycles. The van der Waals surface area contributed by atoms with E-state index in [1.165, 1.54) is 44.2 Å². The van der Waals surface area contributed by atoms with Crippen LogP contribution in [0.3, 0.4) is 0 Å². The van der Waals surface area contributed by atoms with Crippen molar-refractivity contribution >= 4 is 52.9 Å². The van der Waals surface area contributed by atoms with Crippen LogP contribution < -0.4 is 25.4 Å². The van der Waals surface area contributed by atoms with Crippen molar-refractivity contribution in [1.82, 2.24) is 5.32 Å². The number of methoxy groups -OCH3 is 2. The summed E-state index contributed by atoms with van der Waals surface area (Å²) in [4.78, 5) is 50.9. The van der Waals surface area contributed by atoms with Crippen molar-refractivity contribution in [2.24, 2.45) is 0 Å². The van der Waals surface area contributed by atoms with E-state index in [0.717, 1.165) is 0 Å². The minimum atomic E-state index is -1.09. The lowest BCUT2D eigenvalue weighted by molar-refractivity contribution is -0.114. The number of carbonyl (C=O) groups is 4. The van der Waals surface area contributed by atoms with Crippen LogP contribution in [-0.4, -0.2) is 48.8 Å². The topological polar surface area (TPSA) is 143 Å². The fourth-order valence-corrected chi connectivity index (χ4v) is 4.74. The smallest absolute Gasteiger partial charge is 0.335 e. The summed E-state index contributed by atoms with van der Waals surface area (Å²) in [7, 11) is 3.02. The van der Waals surface area contributed by atoms with E-state index in [1.54, 1.807) is 84.9 Å². The van der Waals surface area contributed by atoms with E-state index < -0.39 is 17.8 Å². The third kappa shape index (κ3) is 8.73. The molecule has 0 aromatic heterocycles. The maximum atomic E-state index is 13.5. The van der Waals surface area contributed by atoms with Crippen LogP contribution in [0, 0.1) is 0 Å². The fraction of sp³-hybridized carbons (Fsp3) is 0.0909. The van der Waals surface area contributed by atoms with Gasteiger partial charge in [-0.1, -0.05) is 30.3 Å². The zero-order valence-corrected chi connectivity index (χ0v) is 24.6. The van der Waals surface area contributed by atoms with Crippen LogP contribution in [0.1, 0.15) is 26.3 Å². The number of carbonyl (C=O) groups excluding carboxylic acids is 3. The molecule has 0 aliphatic rings. The molecular weight excluding hydrogens is 582 g/mol. The second kappa shape index (κ2) is 15.1. The fourth-order valence-electron chi connectivity index (χ4n) is 3.99. The number of ether oxygens (including phenoxy) is 2. The van der Waals surface area contributed by atoms with Gasteiger partial charge < -0.3 is 30.5 Å². The monoisotopic (exact) mass is 611 g/mol. The number of carboxylic acids is 1. The molecule has 4 aromatic carbocycles. The van der Waals surface area contributed by atoms with Crippen molar-refractivity contribution in [2.45, 2.75) is 4.90 Å². The number of carboxylic acid groups (broad SMARTS) is 1. The average molecular weight is 612 g/mol. The maximum Gasteiger partial charge on any atom is 0.335 e. The van der Waals surface area contributed by atoms with Gasteiger partial charge in [0.1, 0.15) is 17.2 Å². The molecule has 4 N–H and O–H groups in total. The molecule has 10 nitrogen and oxygen atoms in total. The molecule has 4 aromatic rings. The highest BCUT2D eigenvalue weighted by atomic mass is 32.2. The maximum absolute atomic E-state index is 13.5. The normalized spacial score (nSPS) is 10.8. The van der Waals surface area contributed by atoms with Crippen LogP contribution in [0.15, 0.2) is 108 Å². The second-order valence-corrected chi connectivity index (χ2v) is 10.2. The van der Waals surface area contributed by atoms with Gasteiger partial charge in [-0.05, 0) is 72.8 Å². The molecule has 0 aliphatic carbocycles. The summed E-state index contributed by atoms with van der Waals surface area (Å²) in [6.07, 6.45) is 1.50. The number of thioether (sulfide) groups is 1. The van der Waals surface area contributed by atoms with Crippen molar-refractivity contribution in [2.75, 3.05) is 30.6 Å². The Balaban J connectivity index is 1.50. The second-order valence-electron chi connectivity index (χ2n) is 9.19. The lowest BCUT2D eigenvalue weighted by atomic mass is 10.1. The van der Waals surface area contributed by atoms with E-state index >= 15 is 0 Å². The highest BCUT2D eigenvalue weighted by Crippen LogP contribution is 2.27. The van der Waals surface area contributed by atoms with E-state index in [-0.39, 0.29) is 22.9 Å². The summed E-state index contributed by atoms with van der Waals surface area (Å²) < 4.78 is 10.8. The molecule has 4 rings (SSSR count). The molecule has 0 radical (unpaired) electrons. The molecule has 0 saturated carbocycles. The van der Waals surface area contributed by atoms with Crippen molar-refractivity contribution in [3.63, 3.8) is 0 Å².